The van der Waals surface area contributed by atoms with Crippen molar-refractivity contribution in [3.8, 4) is 5.75 Å². The molecular formula is C27H43NO7. The highest BCUT2D eigenvalue weighted by Crippen LogP contribution is 2.17. The Hall–Kier alpha value is -2.77. The topological polar surface area (TPSA) is 100 Å². The van der Waals surface area contributed by atoms with Gasteiger partial charge < -0.3 is 24.3 Å². The van der Waals surface area contributed by atoms with Crippen LogP contribution in [0.5, 0.6) is 5.75 Å². The fourth-order valence-electron chi connectivity index (χ4n) is 2.56. The minimum atomic E-state index is -0.913. The van der Waals surface area contributed by atoms with E-state index in [1.54, 1.807) is 65.8 Å². The van der Waals surface area contributed by atoms with Gasteiger partial charge in [-0.25, -0.2) is 14.4 Å². The zero-order valence-electron chi connectivity index (χ0n) is 22.4. The largest absolute Gasteiger partial charge is 0.514 e. The summed E-state index contributed by atoms with van der Waals surface area (Å²) in [7, 11) is 0. The minimum Gasteiger partial charge on any atom is -0.464 e. The van der Waals surface area contributed by atoms with E-state index in [2.05, 4.69) is 12.2 Å². The van der Waals surface area contributed by atoms with Gasteiger partial charge in [-0.15, -0.1) is 0 Å². The third kappa shape index (κ3) is 16.5. The number of nitrogens with one attached hydrogen (secondary N) is 1. The van der Waals surface area contributed by atoms with Crippen molar-refractivity contribution in [1.82, 2.24) is 5.32 Å². The second-order valence-corrected chi connectivity index (χ2v) is 10.5. The van der Waals surface area contributed by atoms with Gasteiger partial charge in [-0.1, -0.05) is 51.2 Å². The molecule has 1 amide bonds. The average molecular weight is 494 g/mol. The van der Waals surface area contributed by atoms with Crippen LogP contribution in [0.3, 0.4) is 0 Å². The first-order valence-corrected chi connectivity index (χ1v) is 12.4. The zero-order chi connectivity index (χ0) is 26.5. The van der Waals surface area contributed by atoms with Crippen molar-refractivity contribution in [2.75, 3.05) is 6.61 Å². The maximum Gasteiger partial charge on any atom is 0.514 e. The van der Waals surface area contributed by atoms with Crippen LogP contribution in [0.4, 0.5) is 9.59 Å². The lowest BCUT2D eigenvalue weighted by atomic mass is 10.1. The Labute approximate surface area is 210 Å². The van der Waals surface area contributed by atoms with Gasteiger partial charge in [0.15, 0.2) is 0 Å². The molecule has 8 nitrogen and oxygen atoms in total. The molecule has 1 aliphatic carbocycles. The SMILES string of the molecule is C1CC1.CCCCCOC(=O)[C@@H](Cc1ccc(OC(=O)OC(C)(C)C)cc1)NC(=O)OC(C)(C)C. The van der Waals surface area contributed by atoms with Gasteiger partial charge >= 0.3 is 18.2 Å². The number of hydrogen-bond donors (Lipinski definition) is 1. The van der Waals surface area contributed by atoms with Crippen LogP contribution in [-0.2, 0) is 25.4 Å². The molecule has 0 heterocycles. The van der Waals surface area contributed by atoms with Crippen LogP contribution in [0.2, 0.25) is 0 Å². The van der Waals surface area contributed by atoms with Crippen molar-refractivity contribution in [2.45, 2.75) is 111 Å². The maximum atomic E-state index is 12.6. The molecule has 8 heteroatoms. The molecule has 198 valence electrons. The number of amides is 1. The number of carbonyl (C=O) groups excluding carboxylic acids is 3. The maximum absolute atomic E-state index is 12.6. The lowest BCUT2D eigenvalue weighted by Crippen LogP contribution is -2.45. The van der Waals surface area contributed by atoms with Gasteiger partial charge in [-0.05, 0) is 65.7 Å². The summed E-state index contributed by atoms with van der Waals surface area (Å²) in [4.78, 5) is 36.6. The standard InChI is InChI=1S/C24H37NO7.C3H6/c1-8-9-10-15-29-20(26)19(25-21(27)31-23(2,3)4)16-17-11-13-18(14-12-17)30-22(28)32-24(5,6)7;1-2-3-1/h11-14,19H,8-10,15-16H2,1-7H3,(H,25,27);1-3H2/t19-;/m1./s1. The van der Waals surface area contributed by atoms with Crippen molar-refractivity contribution >= 4 is 18.2 Å². The van der Waals surface area contributed by atoms with E-state index in [0.29, 0.717) is 12.4 Å². The molecular weight excluding hydrogens is 450 g/mol. The molecule has 35 heavy (non-hydrogen) atoms. The summed E-state index contributed by atoms with van der Waals surface area (Å²) in [5, 5.41) is 2.59. The molecule has 1 N–H and O–H groups in total. The molecule has 1 aromatic carbocycles. The van der Waals surface area contributed by atoms with E-state index in [0.717, 1.165) is 24.8 Å². The van der Waals surface area contributed by atoms with Gasteiger partial charge in [0.1, 0.15) is 23.0 Å². The number of rotatable bonds is 9. The molecule has 1 aliphatic rings. The number of carbonyl (C=O) groups is 3. The summed E-state index contributed by atoms with van der Waals surface area (Å²) in [5.74, 6) is -0.220. The zero-order valence-corrected chi connectivity index (χ0v) is 22.4. The predicted octanol–water partition coefficient (Wildman–Crippen LogP) is 6.34. The number of hydrogen-bond acceptors (Lipinski definition) is 7. The van der Waals surface area contributed by atoms with E-state index in [1.165, 1.54) is 19.3 Å². The highest BCUT2D eigenvalue weighted by molar-refractivity contribution is 5.81. The van der Waals surface area contributed by atoms with Crippen LogP contribution in [0.15, 0.2) is 24.3 Å². The van der Waals surface area contributed by atoms with Crippen molar-refractivity contribution in [3.05, 3.63) is 29.8 Å². The second kappa shape index (κ2) is 14.6. The quantitative estimate of drug-likeness (QED) is 0.185. The van der Waals surface area contributed by atoms with Crippen LogP contribution in [0.25, 0.3) is 0 Å². The third-order valence-corrected chi connectivity index (χ3v) is 4.28. The molecule has 0 aromatic heterocycles. The van der Waals surface area contributed by atoms with Gasteiger partial charge in [0.25, 0.3) is 0 Å². The number of esters is 1. The summed E-state index contributed by atoms with van der Waals surface area (Å²) in [5.41, 5.74) is -0.608. The number of benzene rings is 1. The Morgan fingerprint density at radius 2 is 1.46 bits per heavy atom. The number of ether oxygens (including phenoxy) is 4. The fraction of sp³-hybridized carbons (Fsp3) is 0.667. The average Bonchev–Trinajstić information content (AvgIpc) is 3.58. The summed E-state index contributed by atoms with van der Waals surface area (Å²) >= 11 is 0. The predicted molar refractivity (Wildman–Crippen MR) is 135 cm³/mol. The lowest BCUT2D eigenvalue weighted by molar-refractivity contribution is -0.146. The Morgan fingerprint density at radius 3 is 1.94 bits per heavy atom. The molecule has 0 radical (unpaired) electrons. The molecule has 0 bridgehead atoms. The smallest absolute Gasteiger partial charge is 0.464 e. The highest BCUT2D eigenvalue weighted by Gasteiger charge is 2.26. The first kappa shape index (κ1) is 30.3. The van der Waals surface area contributed by atoms with E-state index in [4.69, 9.17) is 18.9 Å². The summed E-state index contributed by atoms with van der Waals surface area (Å²) in [6, 6.07) is 5.68. The molecule has 2 rings (SSSR count). The lowest BCUT2D eigenvalue weighted by Gasteiger charge is -2.23. The number of alkyl carbamates (subject to hydrolysis) is 1. The Balaban J connectivity index is 0.00000188. The second-order valence-electron chi connectivity index (χ2n) is 10.5. The Bertz CT molecular complexity index is 786. The molecule has 0 aliphatic heterocycles. The summed E-state index contributed by atoms with van der Waals surface area (Å²) in [6.07, 6.45) is 5.92. The van der Waals surface area contributed by atoms with E-state index in [-0.39, 0.29) is 6.42 Å². The van der Waals surface area contributed by atoms with E-state index >= 15 is 0 Å². The van der Waals surface area contributed by atoms with Gasteiger partial charge in [0.05, 0.1) is 6.61 Å². The normalized spacial score (nSPS) is 13.5. The van der Waals surface area contributed by atoms with E-state index < -0.39 is 35.5 Å². The van der Waals surface area contributed by atoms with Crippen molar-refractivity contribution in [1.29, 1.82) is 0 Å². The molecule has 1 aromatic rings. The number of unbranched alkanes of at least 4 members (excludes halogenated alkanes) is 2. The van der Waals surface area contributed by atoms with Gasteiger partial charge in [-0.2, -0.15) is 0 Å². The molecule has 1 saturated carbocycles. The minimum absolute atomic E-state index is 0.193. The van der Waals surface area contributed by atoms with Gasteiger partial charge in [0.2, 0.25) is 0 Å². The van der Waals surface area contributed by atoms with Crippen molar-refractivity contribution < 1.29 is 33.3 Å². The Kier molecular flexibility index (Phi) is 12.6. The van der Waals surface area contributed by atoms with E-state index in [1.807, 2.05) is 0 Å². The molecule has 1 atom stereocenters. The van der Waals surface area contributed by atoms with Crippen LogP contribution in [0, 0.1) is 0 Å². The molecule has 0 spiro atoms. The monoisotopic (exact) mass is 493 g/mol. The summed E-state index contributed by atoms with van der Waals surface area (Å²) in [6.45, 7) is 12.8. The first-order chi connectivity index (χ1) is 16.3. The Morgan fingerprint density at radius 1 is 0.886 bits per heavy atom. The fourth-order valence-corrected chi connectivity index (χ4v) is 2.56. The van der Waals surface area contributed by atoms with Crippen molar-refractivity contribution in [3.63, 3.8) is 0 Å². The molecule has 1 fully saturated rings. The highest BCUT2D eigenvalue weighted by atomic mass is 16.7. The van der Waals surface area contributed by atoms with E-state index in [9.17, 15) is 14.4 Å². The summed E-state index contributed by atoms with van der Waals surface area (Å²) < 4.78 is 20.9. The van der Waals surface area contributed by atoms with Crippen LogP contribution in [0.1, 0.15) is 92.6 Å². The molecule has 0 unspecified atom stereocenters. The van der Waals surface area contributed by atoms with Crippen LogP contribution >= 0.6 is 0 Å². The van der Waals surface area contributed by atoms with Gasteiger partial charge in [0, 0.05) is 6.42 Å². The van der Waals surface area contributed by atoms with Gasteiger partial charge in [-0.3, -0.25) is 0 Å². The van der Waals surface area contributed by atoms with Crippen LogP contribution in [-0.4, -0.2) is 42.1 Å². The third-order valence-electron chi connectivity index (χ3n) is 4.28. The first-order valence-electron chi connectivity index (χ1n) is 12.4. The molecule has 0 saturated heterocycles. The van der Waals surface area contributed by atoms with Crippen molar-refractivity contribution in [2.24, 2.45) is 0 Å². The van der Waals surface area contributed by atoms with Crippen LogP contribution < -0.4 is 10.1 Å².